The van der Waals surface area contributed by atoms with Crippen LogP contribution in [0.1, 0.15) is 16.8 Å². The van der Waals surface area contributed by atoms with Crippen LogP contribution in [0.4, 0.5) is 5.69 Å². The number of esters is 1. The molecule has 1 heterocycles. The summed E-state index contributed by atoms with van der Waals surface area (Å²) in [5.74, 6) is -2.46. The number of methoxy groups -OCH3 is 1. The van der Waals surface area contributed by atoms with Crippen molar-refractivity contribution in [1.29, 1.82) is 0 Å². The molecule has 32 heavy (non-hydrogen) atoms. The number of rotatable bonds is 7. The van der Waals surface area contributed by atoms with Crippen molar-refractivity contribution in [3.8, 4) is 5.75 Å². The molecule has 2 aromatic rings. The third-order valence-corrected chi connectivity index (χ3v) is 5.33. The number of hydrogen-bond donors (Lipinski definition) is 2. The quantitative estimate of drug-likeness (QED) is 0.590. The van der Waals surface area contributed by atoms with Crippen LogP contribution in [-0.4, -0.2) is 49.0 Å². The molecule has 0 aromatic heterocycles. The number of hydrogen-bond acceptors (Lipinski definition) is 6. The Morgan fingerprint density at radius 3 is 2.47 bits per heavy atom. The molecule has 2 N–H and O–H groups in total. The number of benzene rings is 2. The molecular weight excluding hydrogens is 461 g/mol. The van der Waals surface area contributed by atoms with Crippen molar-refractivity contribution < 1.29 is 28.7 Å². The van der Waals surface area contributed by atoms with Gasteiger partial charge in [0.05, 0.1) is 29.6 Å². The molecule has 1 aliphatic heterocycles. The molecule has 0 saturated carbocycles. The fraction of sp³-hybridized carbons (Fsp3) is 0.238. The monoisotopic (exact) mass is 479 g/mol. The number of amides is 3. The molecule has 1 fully saturated rings. The number of nitrogens with zero attached hydrogens (tertiary/aromatic N) is 1. The van der Waals surface area contributed by atoms with E-state index in [1.807, 2.05) is 0 Å². The van der Waals surface area contributed by atoms with Gasteiger partial charge in [0.2, 0.25) is 5.91 Å². The first-order valence-corrected chi connectivity index (χ1v) is 10.2. The highest BCUT2D eigenvalue weighted by Crippen LogP contribution is 2.23. The van der Waals surface area contributed by atoms with Gasteiger partial charge in [-0.15, -0.1) is 0 Å². The zero-order valence-corrected chi connectivity index (χ0v) is 18.4. The van der Waals surface area contributed by atoms with E-state index in [4.69, 9.17) is 32.7 Å². The van der Waals surface area contributed by atoms with Crippen molar-refractivity contribution >= 4 is 52.6 Å². The molecule has 1 aliphatic rings. The second kappa shape index (κ2) is 10.3. The predicted octanol–water partition coefficient (Wildman–Crippen LogP) is 2.68. The standard InChI is InChI=1S/C21H19Cl2N3O6/c1-31-15-5-3-14(4-6-15)24-18(27)11-32-21(30)13-9-19(28)26(10-13)25-20(29)12-2-7-16(22)17(23)8-12/h2-8,13H,9-11H2,1H3,(H,24,27)(H,25,29)/t13-/m0/s1. The number of halogens is 2. The smallest absolute Gasteiger partial charge is 0.311 e. The number of nitrogens with one attached hydrogen (secondary N) is 2. The third-order valence-electron chi connectivity index (χ3n) is 4.60. The van der Waals surface area contributed by atoms with Gasteiger partial charge in [0, 0.05) is 17.7 Å². The molecule has 3 amide bonds. The number of carbonyl (C=O) groups excluding carboxylic acids is 4. The normalized spacial score (nSPS) is 15.3. The van der Waals surface area contributed by atoms with E-state index in [1.165, 1.54) is 25.3 Å². The summed E-state index contributed by atoms with van der Waals surface area (Å²) in [5, 5.41) is 4.11. The largest absolute Gasteiger partial charge is 0.497 e. The topological polar surface area (TPSA) is 114 Å². The summed E-state index contributed by atoms with van der Waals surface area (Å²) < 4.78 is 10.1. The lowest BCUT2D eigenvalue weighted by molar-refractivity contribution is -0.151. The Balaban J connectivity index is 1.48. The Hall–Kier alpha value is -3.30. The first-order chi connectivity index (χ1) is 15.3. The van der Waals surface area contributed by atoms with Crippen LogP contribution in [0, 0.1) is 5.92 Å². The first kappa shape index (κ1) is 23.4. The van der Waals surface area contributed by atoms with Gasteiger partial charge >= 0.3 is 5.97 Å². The minimum Gasteiger partial charge on any atom is -0.497 e. The number of hydrazine groups is 1. The summed E-state index contributed by atoms with van der Waals surface area (Å²) >= 11 is 11.7. The molecular formula is C21H19Cl2N3O6. The van der Waals surface area contributed by atoms with Crippen LogP contribution >= 0.6 is 23.2 Å². The van der Waals surface area contributed by atoms with Crippen LogP contribution in [-0.2, 0) is 19.1 Å². The predicted molar refractivity (Wildman–Crippen MR) is 116 cm³/mol. The van der Waals surface area contributed by atoms with Crippen LogP contribution in [0.15, 0.2) is 42.5 Å². The summed E-state index contributed by atoms with van der Waals surface area (Å²) in [7, 11) is 1.53. The molecule has 1 saturated heterocycles. The van der Waals surface area contributed by atoms with E-state index in [1.54, 1.807) is 24.3 Å². The van der Waals surface area contributed by atoms with Gasteiger partial charge in [-0.25, -0.2) is 0 Å². The minimum absolute atomic E-state index is 0.0785. The van der Waals surface area contributed by atoms with Crippen molar-refractivity contribution in [2.24, 2.45) is 5.92 Å². The summed E-state index contributed by atoms with van der Waals surface area (Å²) in [4.78, 5) is 48.8. The summed E-state index contributed by atoms with van der Waals surface area (Å²) in [6.07, 6.45) is -0.152. The zero-order valence-electron chi connectivity index (χ0n) is 16.9. The maximum Gasteiger partial charge on any atom is 0.311 e. The SMILES string of the molecule is COc1ccc(NC(=O)COC(=O)[C@H]2CC(=O)N(NC(=O)c3ccc(Cl)c(Cl)c3)C2)cc1. The van der Waals surface area contributed by atoms with Crippen LogP contribution in [0.5, 0.6) is 5.75 Å². The van der Waals surface area contributed by atoms with E-state index in [-0.39, 0.29) is 23.6 Å². The molecule has 0 spiro atoms. The van der Waals surface area contributed by atoms with Crippen molar-refractivity contribution in [3.63, 3.8) is 0 Å². The second-order valence-electron chi connectivity index (χ2n) is 6.86. The Morgan fingerprint density at radius 1 is 1.09 bits per heavy atom. The minimum atomic E-state index is -0.814. The zero-order chi connectivity index (χ0) is 23.3. The lowest BCUT2D eigenvalue weighted by Crippen LogP contribution is -2.43. The van der Waals surface area contributed by atoms with Gasteiger partial charge < -0.3 is 14.8 Å². The first-order valence-electron chi connectivity index (χ1n) is 9.43. The van der Waals surface area contributed by atoms with E-state index in [2.05, 4.69) is 10.7 Å². The molecule has 0 bridgehead atoms. The van der Waals surface area contributed by atoms with Crippen molar-refractivity contribution in [2.45, 2.75) is 6.42 Å². The molecule has 11 heteroatoms. The number of ether oxygens (including phenoxy) is 2. The maximum absolute atomic E-state index is 12.3. The average molecular weight is 480 g/mol. The van der Waals surface area contributed by atoms with E-state index < -0.39 is 36.2 Å². The Morgan fingerprint density at radius 2 is 1.81 bits per heavy atom. The third kappa shape index (κ3) is 5.89. The van der Waals surface area contributed by atoms with E-state index >= 15 is 0 Å². The maximum atomic E-state index is 12.3. The van der Waals surface area contributed by atoms with Crippen LogP contribution in [0.2, 0.25) is 10.0 Å². The van der Waals surface area contributed by atoms with Crippen molar-refractivity contribution in [1.82, 2.24) is 10.4 Å². The molecule has 2 aromatic carbocycles. The lowest BCUT2D eigenvalue weighted by atomic mass is 10.1. The van der Waals surface area contributed by atoms with E-state index in [0.717, 1.165) is 5.01 Å². The van der Waals surface area contributed by atoms with Gasteiger partial charge in [-0.1, -0.05) is 23.2 Å². The number of carbonyl (C=O) groups is 4. The molecule has 0 radical (unpaired) electrons. The summed E-state index contributed by atoms with van der Waals surface area (Å²) in [6, 6.07) is 10.9. The Kier molecular flexibility index (Phi) is 7.55. The van der Waals surface area contributed by atoms with Crippen molar-refractivity contribution in [2.75, 3.05) is 25.6 Å². The Labute approximate surface area is 193 Å². The van der Waals surface area contributed by atoms with Gasteiger partial charge in [-0.2, -0.15) is 0 Å². The lowest BCUT2D eigenvalue weighted by Gasteiger charge is -2.17. The van der Waals surface area contributed by atoms with Gasteiger partial charge in [0.25, 0.3) is 11.8 Å². The molecule has 0 unspecified atom stereocenters. The molecule has 168 valence electrons. The Bertz CT molecular complexity index is 1040. The number of anilines is 1. The highest BCUT2D eigenvalue weighted by Gasteiger charge is 2.36. The van der Waals surface area contributed by atoms with Crippen LogP contribution in [0.3, 0.4) is 0 Å². The summed E-state index contributed by atoms with van der Waals surface area (Å²) in [6.45, 7) is -0.587. The van der Waals surface area contributed by atoms with Crippen molar-refractivity contribution in [3.05, 3.63) is 58.1 Å². The molecule has 0 aliphatic carbocycles. The highest BCUT2D eigenvalue weighted by atomic mass is 35.5. The molecule has 1 atom stereocenters. The molecule has 3 rings (SSSR count). The average Bonchev–Trinajstić information content (AvgIpc) is 3.14. The van der Waals surface area contributed by atoms with Crippen LogP contribution in [0.25, 0.3) is 0 Å². The highest BCUT2D eigenvalue weighted by molar-refractivity contribution is 6.42. The van der Waals surface area contributed by atoms with E-state index in [9.17, 15) is 19.2 Å². The van der Waals surface area contributed by atoms with Gasteiger partial charge in [-0.3, -0.25) is 29.6 Å². The fourth-order valence-corrected chi connectivity index (χ4v) is 3.22. The molecule has 9 nitrogen and oxygen atoms in total. The van der Waals surface area contributed by atoms with E-state index in [0.29, 0.717) is 16.5 Å². The second-order valence-corrected chi connectivity index (χ2v) is 7.67. The van der Waals surface area contributed by atoms with Gasteiger partial charge in [0.1, 0.15) is 5.75 Å². The van der Waals surface area contributed by atoms with Crippen LogP contribution < -0.4 is 15.5 Å². The summed E-state index contributed by atoms with van der Waals surface area (Å²) in [5.41, 5.74) is 3.14. The van der Waals surface area contributed by atoms with Gasteiger partial charge in [-0.05, 0) is 42.5 Å². The fourth-order valence-electron chi connectivity index (χ4n) is 2.92. The van der Waals surface area contributed by atoms with Gasteiger partial charge in [0.15, 0.2) is 6.61 Å².